The minimum Gasteiger partial charge on any atom is -0.493 e. The largest absolute Gasteiger partial charge is 0.493 e. The third-order valence-corrected chi connectivity index (χ3v) is 3.25. The van der Waals surface area contributed by atoms with Crippen molar-refractivity contribution in [2.24, 2.45) is 0 Å². The van der Waals surface area contributed by atoms with Crippen LogP contribution < -0.4 is 19.7 Å². The van der Waals surface area contributed by atoms with Gasteiger partial charge in [-0.25, -0.2) is 0 Å². The summed E-state index contributed by atoms with van der Waals surface area (Å²) in [5.74, 6) is 1.52. The highest BCUT2D eigenvalue weighted by Gasteiger charge is 2.15. The van der Waals surface area contributed by atoms with Gasteiger partial charge in [0.05, 0.1) is 21.3 Å². The average molecular weight is 295 g/mol. The Bertz CT molecular complexity index is 487. The van der Waals surface area contributed by atoms with E-state index in [9.17, 15) is 4.79 Å². The summed E-state index contributed by atoms with van der Waals surface area (Å²) < 4.78 is 10.6. The number of aryl methyl sites for hydroxylation is 1. The Morgan fingerprint density at radius 1 is 1.24 bits per heavy atom. The summed E-state index contributed by atoms with van der Waals surface area (Å²) in [6, 6.07) is 4.13. The number of likely N-dealkylation sites (N-methyl/N-ethyl adjacent to an activating group) is 1. The molecular formula is C16H27N2O3+. The Morgan fingerprint density at radius 3 is 2.33 bits per heavy atom. The molecule has 5 heteroatoms. The Balaban J connectivity index is 2.76. The summed E-state index contributed by atoms with van der Waals surface area (Å²) in [5.41, 5.74) is 2.29. The summed E-state index contributed by atoms with van der Waals surface area (Å²) in [7, 11) is 5.27. The van der Waals surface area contributed by atoms with Crippen LogP contribution in [0.5, 0.6) is 11.5 Å². The Hall–Kier alpha value is -1.75. The Kier molecular flexibility index (Phi) is 6.49. The molecule has 21 heavy (non-hydrogen) atoms. The van der Waals surface area contributed by atoms with Gasteiger partial charge >= 0.3 is 0 Å². The number of rotatable bonds is 7. The maximum Gasteiger partial charge on any atom is 0.275 e. The predicted molar refractivity (Wildman–Crippen MR) is 83.0 cm³/mol. The fourth-order valence-corrected chi connectivity index (χ4v) is 2.25. The molecule has 1 aromatic carbocycles. The van der Waals surface area contributed by atoms with Gasteiger partial charge < -0.3 is 19.7 Å². The first-order valence-corrected chi connectivity index (χ1v) is 7.19. The van der Waals surface area contributed by atoms with Crippen LogP contribution in [0.1, 0.15) is 25.0 Å². The van der Waals surface area contributed by atoms with Crippen LogP contribution in [0.2, 0.25) is 0 Å². The van der Waals surface area contributed by atoms with Gasteiger partial charge in [0.25, 0.3) is 5.91 Å². The molecule has 0 radical (unpaired) electrons. The quantitative estimate of drug-likeness (QED) is 0.772. The van der Waals surface area contributed by atoms with Gasteiger partial charge in [-0.2, -0.15) is 0 Å². The van der Waals surface area contributed by atoms with Crippen molar-refractivity contribution in [2.75, 3.05) is 27.8 Å². The first-order valence-electron chi connectivity index (χ1n) is 7.19. The van der Waals surface area contributed by atoms with Crippen molar-refractivity contribution in [3.63, 3.8) is 0 Å². The molecule has 0 aromatic heterocycles. The number of ether oxygens (including phenoxy) is 2. The van der Waals surface area contributed by atoms with Gasteiger partial charge in [0.1, 0.15) is 6.54 Å². The monoisotopic (exact) mass is 295 g/mol. The van der Waals surface area contributed by atoms with Gasteiger partial charge in [-0.1, -0.05) is 0 Å². The van der Waals surface area contributed by atoms with E-state index in [1.165, 1.54) is 0 Å². The number of methoxy groups -OCH3 is 2. The molecule has 0 aliphatic heterocycles. The van der Waals surface area contributed by atoms with E-state index >= 15 is 0 Å². The number of carbonyl (C=O) groups is 1. The summed E-state index contributed by atoms with van der Waals surface area (Å²) in [6.45, 7) is 7.18. The van der Waals surface area contributed by atoms with Crippen LogP contribution in [0.4, 0.5) is 0 Å². The molecule has 0 fully saturated rings. The van der Waals surface area contributed by atoms with Gasteiger partial charge in [0.15, 0.2) is 18.0 Å². The standard InChI is InChI=1S/C16H26N2O3/c1-11(2)17-16(19)10-18(4)9-13-8-15(21-6)14(20-5)7-12(13)3/h7-8,11H,9-10H2,1-6H3,(H,17,19)/p+1. The Morgan fingerprint density at radius 2 is 1.81 bits per heavy atom. The lowest BCUT2D eigenvalue weighted by Crippen LogP contribution is -3.09. The van der Waals surface area contributed by atoms with Crippen LogP contribution in [0.25, 0.3) is 0 Å². The van der Waals surface area contributed by atoms with Crippen molar-refractivity contribution in [3.05, 3.63) is 23.3 Å². The lowest BCUT2D eigenvalue weighted by molar-refractivity contribution is -0.885. The highest BCUT2D eigenvalue weighted by atomic mass is 16.5. The van der Waals surface area contributed by atoms with E-state index in [2.05, 4.69) is 5.32 Å². The summed E-state index contributed by atoms with van der Waals surface area (Å²) >= 11 is 0. The number of nitrogens with one attached hydrogen (secondary N) is 2. The zero-order valence-corrected chi connectivity index (χ0v) is 13.9. The van der Waals surface area contributed by atoms with E-state index in [1.807, 2.05) is 40.0 Å². The number of amides is 1. The molecule has 0 heterocycles. The van der Waals surface area contributed by atoms with E-state index in [0.29, 0.717) is 6.54 Å². The average Bonchev–Trinajstić information content (AvgIpc) is 2.39. The normalized spacial score (nSPS) is 12.1. The molecule has 0 saturated carbocycles. The maximum absolute atomic E-state index is 11.8. The lowest BCUT2D eigenvalue weighted by Gasteiger charge is -2.18. The van der Waals surface area contributed by atoms with Crippen LogP contribution >= 0.6 is 0 Å². The molecule has 1 aromatic rings. The maximum atomic E-state index is 11.8. The molecule has 0 bridgehead atoms. The van der Waals surface area contributed by atoms with Crippen LogP contribution in [0, 0.1) is 6.92 Å². The molecule has 0 saturated heterocycles. The molecular weight excluding hydrogens is 268 g/mol. The van der Waals surface area contributed by atoms with Crippen molar-refractivity contribution in [3.8, 4) is 11.5 Å². The minimum atomic E-state index is 0.0700. The molecule has 2 N–H and O–H groups in total. The van der Waals surface area contributed by atoms with Gasteiger partial charge in [-0.05, 0) is 38.5 Å². The highest BCUT2D eigenvalue weighted by molar-refractivity contribution is 5.77. The third-order valence-electron chi connectivity index (χ3n) is 3.25. The predicted octanol–water partition coefficient (Wildman–Crippen LogP) is 0.552. The zero-order valence-electron chi connectivity index (χ0n) is 13.9. The molecule has 0 aliphatic rings. The van der Waals surface area contributed by atoms with E-state index in [1.54, 1.807) is 14.2 Å². The molecule has 1 atom stereocenters. The summed E-state index contributed by atoms with van der Waals surface area (Å²) in [4.78, 5) is 12.9. The second-order valence-electron chi connectivity index (χ2n) is 5.67. The molecule has 1 amide bonds. The Labute approximate surface area is 127 Å². The zero-order chi connectivity index (χ0) is 16.0. The fourth-order valence-electron chi connectivity index (χ4n) is 2.25. The second-order valence-corrected chi connectivity index (χ2v) is 5.67. The number of benzene rings is 1. The van der Waals surface area contributed by atoms with E-state index in [0.717, 1.165) is 34.1 Å². The van der Waals surface area contributed by atoms with Gasteiger partial charge in [0.2, 0.25) is 0 Å². The van der Waals surface area contributed by atoms with Crippen LogP contribution in [0.15, 0.2) is 12.1 Å². The van der Waals surface area contributed by atoms with Crippen LogP contribution in [-0.2, 0) is 11.3 Å². The van der Waals surface area contributed by atoms with E-state index in [-0.39, 0.29) is 11.9 Å². The number of hydrogen-bond acceptors (Lipinski definition) is 3. The molecule has 118 valence electrons. The third kappa shape index (κ3) is 5.27. The van der Waals surface area contributed by atoms with Crippen molar-refractivity contribution in [1.82, 2.24) is 5.32 Å². The van der Waals surface area contributed by atoms with Crippen LogP contribution in [-0.4, -0.2) is 39.8 Å². The van der Waals surface area contributed by atoms with Crippen molar-refractivity contribution >= 4 is 5.91 Å². The van der Waals surface area contributed by atoms with Crippen LogP contribution in [0.3, 0.4) is 0 Å². The molecule has 1 rings (SSSR count). The summed E-state index contributed by atoms with van der Waals surface area (Å²) in [6.07, 6.45) is 0. The number of carbonyl (C=O) groups excluding carboxylic acids is 1. The first-order chi connectivity index (χ1) is 9.87. The number of quaternary nitrogens is 1. The lowest BCUT2D eigenvalue weighted by atomic mass is 10.1. The highest BCUT2D eigenvalue weighted by Crippen LogP contribution is 2.29. The van der Waals surface area contributed by atoms with Crippen molar-refractivity contribution in [1.29, 1.82) is 0 Å². The molecule has 0 spiro atoms. The molecule has 1 unspecified atom stereocenters. The minimum absolute atomic E-state index is 0.0700. The van der Waals surface area contributed by atoms with Crippen molar-refractivity contribution < 1.29 is 19.2 Å². The molecule has 5 nitrogen and oxygen atoms in total. The topological polar surface area (TPSA) is 52.0 Å². The number of hydrogen-bond donors (Lipinski definition) is 2. The SMILES string of the molecule is COc1cc(C)c(C[NH+](C)CC(=O)NC(C)C)cc1OC. The van der Waals surface area contributed by atoms with Gasteiger partial charge in [-0.3, -0.25) is 4.79 Å². The molecule has 0 aliphatic carbocycles. The first kappa shape index (κ1) is 17.3. The van der Waals surface area contributed by atoms with E-state index < -0.39 is 0 Å². The van der Waals surface area contributed by atoms with Gasteiger partial charge in [0, 0.05) is 11.6 Å². The van der Waals surface area contributed by atoms with E-state index in [4.69, 9.17) is 9.47 Å². The summed E-state index contributed by atoms with van der Waals surface area (Å²) in [5, 5.41) is 2.91. The fraction of sp³-hybridized carbons (Fsp3) is 0.562. The smallest absolute Gasteiger partial charge is 0.275 e. The van der Waals surface area contributed by atoms with Gasteiger partial charge in [-0.15, -0.1) is 0 Å². The second kappa shape index (κ2) is 7.88. The van der Waals surface area contributed by atoms with Crippen molar-refractivity contribution in [2.45, 2.75) is 33.4 Å².